The van der Waals surface area contributed by atoms with Gasteiger partial charge < -0.3 is 9.84 Å². The highest BCUT2D eigenvalue weighted by Gasteiger charge is 2.25. The Kier molecular flexibility index (Phi) is 4.85. The van der Waals surface area contributed by atoms with E-state index < -0.39 is 40.8 Å². The van der Waals surface area contributed by atoms with Crippen molar-refractivity contribution in [2.45, 2.75) is 6.61 Å². The smallest absolute Gasteiger partial charge is 0.412 e. The molecule has 0 bridgehead atoms. The molecule has 0 aliphatic carbocycles. The van der Waals surface area contributed by atoms with Crippen LogP contribution in [-0.2, 0) is 11.3 Å². The van der Waals surface area contributed by atoms with E-state index in [0.717, 1.165) is 0 Å². The van der Waals surface area contributed by atoms with Crippen LogP contribution in [-0.4, -0.2) is 17.2 Å². The Labute approximate surface area is 128 Å². The summed E-state index contributed by atoms with van der Waals surface area (Å²) in [6.45, 7) is -0.186. The largest absolute Gasteiger partial charge is 0.478 e. The van der Waals surface area contributed by atoms with Crippen LogP contribution < -0.4 is 5.32 Å². The van der Waals surface area contributed by atoms with Crippen molar-refractivity contribution in [2.75, 3.05) is 5.32 Å². The fourth-order valence-electron chi connectivity index (χ4n) is 1.78. The van der Waals surface area contributed by atoms with Gasteiger partial charge in [0, 0.05) is 6.07 Å². The second-order valence-electron chi connectivity index (χ2n) is 4.40. The standard InChI is InChI=1S/C15H10F3NO4/c16-9-6-10(17)12(18)13(11(9)14(20)21)19-15(22)23-7-8-4-2-1-3-5-8/h1-6H,7H2,(H,19,22)(H,20,21). The number of hydrogen-bond donors (Lipinski definition) is 2. The summed E-state index contributed by atoms with van der Waals surface area (Å²) in [5, 5.41) is 10.6. The van der Waals surface area contributed by atoms with Gasteiger partial charge in [0.2, 0.25) is 0 Å². The van der Waals surface area contributed by atoms with Gasteiger partial charge in [-0.1, -0.05) is 30.3 Å². The summed E-state index contributed by atoms with van der Waals surface area (Å²) in [7, 11) is 0. The average Bonchev–Trinajstić information content (AvgIpc) is 2.51. The minimum absolute atomic E-state index is 0.0826. The molecule has 0 fully saturated rings. The molecule has 0 spiro atoms. The molecule has 2 aromatic rings. The highest BCUT2D eigenvalue weighted by atomic mass is 19.2. The number of carboxylic acid groups (broad SMARTS) is 1. The lowest BCUT2D eigenvalue weighted by molar-refractivity contribution is 0.0692. The number of carbonyl (C=O) groups excluding carboxylic acids is 1. The van der Waals surface area contributed by atoms with Crippen LogP contribution in [0.1, 0.15) is 15.9 Å². The molecule has 0 unspecified atom stereocenters. The molecule has 8 heteroatoms. The molecule has 23 heavy (non-hydrogen) atoms. The number of anilines is 1. The van der Waals surface area contributed by atoms with Crippen LogP contribution in [0.15, 0.2) is 36.4 Å². The number of amides is 1. The predicted octanol–water partition coefficient (Wildman–Crippen LogP) is 3.55. The van der Waals surface area contributed by atoms with Gasteiger partial charge in [-0.15, -0.1) is 0 Å². The number of carbonyl (C=O) groups is 2. The van der Waals surface area contributed by atoms with Gasteiger partial charge in [-0.2, -0.15) is 0 Å². The predicted molar refractivity (Wildman–Crippen MR) is 73.5 cm³/mol. The van der Waals surface area contributed by atoms with E-state index in [9.17, 15) is 22.8 Å². The van der Waals surface area contributed by atoms with E-state index in [4.69, 9.17) is 9.84 Å². The van der Waals surface area contributed by atoms with Crippen molar-refractivity contribution in [1.29, 1.82) is 0 Å². The number of ether oxygens (including phenoxy) is 1. The monoisotopic (exact) mass is 325 g/mol. The molecule has 0 saturated carbocycles. The highest BCUT2D eigenvalue weighted by Crippen LogP contribution is 2.26. The zero-order chi connectivity index (χ0) is 17.0. The topological polar surface area (TPSA) is 75.6 Å². The van der Waals surface area contributed by atoms with Crippen LogP contribution in [0.2, 0.25) is 0 Å². The Bertz CT molecular complexity index is 750. The van der Waals surface area contributed by atoms with Crippen molar-refractivity contribution in [1.82, 2.24) is 0 Å². The third-order valence-electron chi connectivity index (χ3n) is 2.83. The van der Waals surface area contributed by atoms with Crippen molar-refractivity contribution < 1.29 is 32.6 Å². The van der Waals surface area contributed by atoms with E-state index in [0.29, 0.717) is 5.56 Å². The zero-order valence-electron chi connectivity index (χ0n) is 11.5. The Morgan fingerprint density at radius 3 is 2.35 bits per heavy atom. The van der Waals surface area contributed by atoms with Crippen molar-refractivity contribution in [2.24, 2.45) is 0 Å². The number of benzene rings is 2. The number of aromatic carboxylic acids is 1. The number of halogens is 3. The summed E-state index contributed by atoms with van der Waals surface area (Å²) < 4.78 is 45.0. The molecule has 0 saturated heterocycles. The summed E-state index contributed by atoms with van der Waals surface area (Å²) in [5.74, 6) is -6.71. The van der Waals surface area contributed by atoms with Crippen LogP contribution in [0.4, 0.5) is 23.7 Å². The first-order valence-electron chi connectivity index (χ1n) is 6.28. The minimum atomic E-state index is -1.86. The second kappa shape index (κ2) is 6.82. The minimum Gasteiger partial charge on any atom is -0.478 e. The van der Waals surface area contributed by atoms with Crippen LogP contribution in [0.25, 0.3) is 0 Å². The molecule has 0 aliphatic rings. The Morgan fingerprint density at radius 2 is 1.74 bits per heavy atom. The lowest BCUT2D eigenvalue weighted by Crippen LogP contribution is -2.19. The first kappa shape index (κ1) is 16.3. The van der Waals surface area contributed by atoms with Gasteiger partial charge >= 0.3 is 12.1 Å². The maximum atomic E-state index is 13.7. The molecule has 2 rings (SSSR count). The van der Waals surface area contributed by atoms with Crippen molar-refractivity contribution in [3.63, 3.8) is 0 Å². The molecule has 0 atom stereocenters. The molecule has 0 radical (unpaired) electrons. The average molecular weight is 325 g/mol. The number of carboxylic acids is 1. The fraction of sp³-hybridized carbons (Fsp3) is 0.0667. The van der Waals surface area contributed by atoms with Crippen molar-refractivity contribution in [3.05, 3.63) is 65.0 Å². The molecule has 1 amide bonds. The van der Waals surface area contributed by atoms with Gasteiger partial charge in [-0.05, 0) is 5.56 Å². The molecule has 2 N–H and O–H groups in total. The van der Waals surface area contributed by atoms with E-state index in [2.05, 4.69) is 0 Å². The summed E-state index contributed by atoms with van der Waals surface area (Å²) in [5.41, 5.74) is -1.71. The van der Waals surface area contributed by atoms with Crippen molar-refractivity contribution in [3.8, 4) is 0 Å². The molecular weight excluding hydrogens is 315 g/mol. The third kappa shape index (κ3) is 3.79. The van der Waals surface area contributed by atoms with E-state index >= 15 is 0 Å². The molecule has 0 aromatic heterocycles. The van der Waals surface area contributed by atoms with E-state index in [1.165, 1.54) is 0 Å². The van der Waals surface area contributed by atoms with Gasteiger partial charge in [0.1, 0.15) is 23.7 Å². The van der Waals surface area contributed by atoms with Gasteiger partial charge in [-0.3, -0.25) is 5.32 Å². The normalized spacial score (nSPS) is 10.2. The van der Waals surface area contributed by atoms with Gasteiger partial charge in [-0.25, -0.2) is 22.8 Å². The van der Waals surface area contributed by atoms with E-state index in [1.807, 2.05) is 0 Å². The lowest BCUT2D eigenvalue weighted by Gasteiger charge is -2.11. The summed E-state index contributed by atoms with van der Waals surface area (Å²) in [4.78, 5) is 22.5. The molecule has 0 aliphatic heterocycles. The van der Waals surface area contributed by atoms with Gasteiger partial charge in [0.05, 0.1) is 0 Å². The third-order valence-corrected chi connectivity index (χ3v) is 2.83. The Balaban J connectivity index is 2.19. The lowest BCUT2D eigenvalue weighted by atomic mass is 10.1. The molecule has 2 aromatic carbocycles. The van der Waals surface area contributed by atoms with Crippen LogP contribution in [0.5, 0.6) is 0 Å². The summed E-state index contributed by atoms with van der Waals surface area (Å²) >= 11 is 0. The molecular formula is C15H10F3NO4. The van der Waals surface area contributed by atoms with E-state index in [-0.39, 0.29) is 12.7 Å². The quantitative estimate of drug-likeness (QED) is 0.843. The number of rotatable bonds is 4. The molecule has 0 heterocycles. The first-order valence-corrected chi connectivity index (χ1v) is 6.28. The SMILES string of the molecule is O=C(Nc1c(F)c(F)cc(F)c1C(=O)O)OCc1ccccc1. The Morgan fingerprint density at radius 1 is 1.09 bits per heavy atom. The summed E-state index contributed by atoms with van der Waals surface area (Å²) in [6.07, 6.45) is -1.25. The van der Waals surface area contributed by atoms with Crippen LogP contribution >= 0.6 is 0 Å². The molecule has 5 nitrogen and oxygen atoms in total. The van der Waals surface area contributed by atoms with E-state index in [1.54, 1.807) is 35.6 Å². The number of nitrogens with one attached hydrogen (secondary N) is 1. The van der Waals surface area contributed by atoms with Crippen molar-refractivity contribution >= 4 is 17.7 Å². The maximum Gasteiger partial charge on any atom is 0.412 e. The number of hydrogen-bond acceptors (Lipinski definition) is 3. The Hall–Kier alpha value is -3.03. The highest BCUT2D eigenvalue weighted by molar-refractivity contribution is 5.99. The zero-order valence-corrected chi connectivity index (χ0v) is 11.5. The fourth-order valence-corrected chi connectivity index (χ4v) is 1.78. The van der Waals surface area contributed by atoms with Gasteiger partial charge in [0.25, 0.3) is 0 Å². The summed E-state index contributed by atoms with van der Waals surface area (Å²) in [6, 6.07) is 8.52. The van der Waals surface area contributed by atoms with Crippen LogP contribution in [0, 0.1) is 17.5 Å². The molecule has 120 valence electrons. The van der Waals surface area contributed by atoms with Gasteiger partial charge in [0.15, 0.2) is 11.6 Å². The first-order chi connectivity index (χ1) is 10.9. The maximum absolute atomic E-state index is 13.7. The van der Waals surface area contributed by atoms with Crippen LogP contribution in [0.3, 0.4) is 0 Å². The second-order valence-corrected chi connectivity index (χ2v) is 4.40.